The van der Waals surface area contributed by atoms with E-state index in [0.717, 1.165) is 21.3 Å². The number of rotatable bonds is 2. The molecular weight excluding hydrogens is 256 g/mol. The standard InChI is InChI=1S/C11H11BrN2O/c1-8-5-13-14(6-8)11-3-2-9(7-15)4-10(11)12/h2-6,15H,7H2,1H3. The summed E-state index contributed by atoms with van der Waals surface area (Å²) >= 11 is 3.46. The molecule has 1 heterocycles. The van der Waals surface area contributed by atoms with E-state index < -0.39 is 0 Å². The fourth-order valence-electron chi connectivity index (χ4n) is 1.38. The van der Waals surface area contributed by atoms with Gasteiger partial charge >= 0.3 is 0 Å². The van der Waals surface area contributed by atoms with Crippen LogP contribution < -0.4 is 0 Å². The molecule has 2 aromatic rings. The highest BCUT2D eigenvalue weighted by Gasteiger charge is 2.04. The van der Waals surface area contributed by atoms with E-state index in [1.165, 1.54) is 0 Å². The molecular formula is C11H11BrN2O. The maximum absolute atomic E-state index is 8.98. The van der Waals surface area contributed by atoms with Gasteiger partial charge in [0.05, 0.1) is 18.5 Å². The molecule has 0 radical (unpaired) electrons. The topological polar surface area (TPSA) is 38.0 Å². The van der Waals surface area contributed by atoms with Gasteiger partial charge in [0, 0.05) is 10.7 Å². The zero-order valence-electron chi connectivity index (χ0n) is 8.31. The lowest BCUT2D eigenvalue weighted by atomic mass is 10.2. The Balaban J connectivity index is 2.45. The van der Waals surface area contributed by atoms with Gasteiger partial charge in [0.15, 0.2) is 0 Å². The molecule has 0 atom stereocenters. The Bertz CT molecular complexity index is 479. The van der Waals surface area contributed by atoms with Crippen LogP contribution in [0.1, 0.15) is 11.1 Å². The molecule has 1 aromatic heterocycles. The van der Waals surface area contributed by atoms with Gasteiger partial charge in [-0.2, -0.15) is 5.10 Å². The average molecular weight is 267 g/mol. The molecule has 0 unspecified atom stereocenters. The molecule has 78 valence electrons. The number of hydrogen-bond donors (Lipinski definition) is 1. The maximum Gasteiger partial charge on any atom is 0.0787 e. The minimum atomic E-state index is 0.0526. The second-order valence-corrected chi connectivity index (χ2v) is 4.26. The van der Waals surface area contributed by atoms with Crippen molar-refractivity contribution in [1.82, 2.24) is 9.78 Å². The lowest BCUT2D eigenvalue weighted by molar-refractivity contribution is 0.282. The molecule has 0 aliphatic heterocycles. The molecule has 1 aromatic carbocycles. The smallest absolute Gasteiger partial charge is 0.0787 e. The summed E-state index contributed by atoms with van der Waals surface area (Å²) < 4.78 is 2.73. The first-order valence-electron chi connectivity index (χ1n) is 4.61. The van der Waals surface area contributed by atoms with Crippen molar-refractivity contribution in [3.63, 3.8) is 0 Å². The van der Waals surface area contributed by atoms with Gasteiger partial charge in [-0.15, -0.1) is 0 Å². The predicted molar refractivity (Wildman–Crippen MR) is 61.9 cm³/mol. The van der Waals surface area contributed by atoms with Crippen molar-refractivity contribution < 1.29 is 5.11 Å². The summed E-state index contributed by atoms with van der Waals surface area (Å²) in [5.74, 6) is 0. The average Bonchev–Trinajstić information content (AvgIpc) is 2.64. The van der Waals surface area contributed by atoms with Gasteiger partial charge in [-0.1, -0.05) is 6.07 Å². The second-order valence-electron chi connectivity index (χ2n) is 3.41. The van der Waals surface area contributed by atoms with Gasteiger partial charge in [0.25, 0.3) is 0 Å². The van der Waals surface area contributed by atoms with Crippen LogP contribution in [-0.2, 0) is 6.61 Å². The molecule has 0 amide bonds. The van der Waals surface area contributed by atoms with Crippen LogP contribution in [0.25, 0.3) is 5.69 Å². The molecule has 0 bridgehead atoms. The highest BCUT2D eigenvalue weighted by molar-refractivity contribution is 9.10. The summed E-state index contributed by atoms with van der Waals surface area (Å²) in [7, 11) is 0. The Morgan fingerprint density at radius 1 is 1.47 bits per heavy atom. The van der Waals surface area contributed by atoms with Crippen LogP contribution in [0.15, 0.2) is 35.1 Å². The minimum Gasteiger partial charge on any atom is -0.392 e. The van der Waals surface area contributed by atoms with E-state index >= 15 is 0 Å². The number of benzene rings is 1. The molecule has 15 heavy (non-hydrogen) atoms. The van der Waals surface area contributed by atoms with Crippen molar-refractivity contribution in [2.45, 2.75) is 13.5 Å². The molecule has 0 aliphatic rings. The summed E-state index contributed by atoms with van der Waals surface area (Å²) in [5.41, 5.74) is 2.97. The highest BCUT2D eigenvalue weighted by atomic mass is 79.9. The zero-order chi connectivity index (χ0) is 10.8. The molecule has 1 N–H and O–H groups in total. The quantitative estimate of drug-likeness (QED) is 0.907. The number of aliphatic hydroxyl groups excluding tert-OH is 1. The number of nitrogens with zero attached hydrogens (tertiary/aromatic N) is 2. The largest absolute Gasteiger partial charge is 0.392 e. The predicted octanol–water partition coefficient (Wildman–Crippen LogP) is 2.44. The first-order valence-corrected chi connectivity index (χ1v) is 5.41. The van der Waals surface area contributed by atoms with Crippen molar-refractivity contribution in [3.05, 3.63) is 46.2 Å². The van der Waals surface area contributed by atoms with Gasteiger partial charge in [0.1, 0.15) is 0 Å². The number of aliphatic hydroxyl groups is 1. The molecule has 0 saturated carbocycles. The molecule has 0 fully saturated rings. The SMILES string of the molecule is Cc1cnn(-c2ccc(CO)cc2Br)c1. The first kappa shape index (κ1) is 10.4. The van der Waals surface area contributed by atoms with E-state index in [9.17, 15) is 0 Å². The van der Waals surface area contributed by atoms with E-state index in [4.69, 9.17) is 5.11 Å². The van der Waals surface area contributed by atoms with Crippen LogP contribution >= 0.6 is 15.9 Å². The van der Waals surface area contributed by atoms with Crippen LogP contribution in [0, 0.1) is 6.92 Å². The normalized spacial score (nSPS) is 10.6. The van der Waals surface area contributed by atoms with E-state index in [0.29, 0.717) is 0 Å². The van der Waals surface area contributed by atoms with Crippen LogP contribution in [0.4, 0.5) is 0 Å². The van der Waals surface area contributed by atoms with Crippen molar-refractivity contribution in [2.24, 2.45) is 0 Å². The van der Waals surface area contributed by atoms with Gasteiger partial charge in [-0.3, -0.25) is 0 Å². The van der Waals surface area contributed by atoms with Crippen LogP contribution in [0.3, 0.4) is 0 Å². The number of hydrogen-bond acceptors (Lipinski definition) is 2. The first-order chi connectivity index (χ1) is 7.20. The van der Waals surface area contributed by atoms with Crippen LogP contribution in [0.2, 0.25) is 0 Å². The van der Waals surface area contributed by atoms with Gasteiger partial charge in [-0.05, 0) is 46.1 Å². The van der Waals surface area contributed by atoms with Gasteiger partial charge < -0.3 is 5.11 Å². The monoisotopic (exact) mass is 266 g/mol. The Morgan fingerprint density at radius 3 is 2.80 bits per heavy atom. The lowest BCUT2D eigenvalue weighted by Crippen LogP contribution is -1.96. The molecule has 2 rings (SSSR count). The minimum absolute atomic E-state index is 0.0526. The summed E-state index contributed by atoms with van der Waals surface area (Å²) in [6.07, 6.45) is 3.77. The van der Waals surface area contributed by atoms with Gasteiger partial charge in [0.2, 0.25) is 0 Å². The highest BCUT2D eigenvalue weighted by Crippen LogP contribution is 2.22. The second kappa shape index (κ2) is 4.16. The third-order valence-electron chi connectivity index (χ3n) is 2.15. The van der Waals surface area contributed by atoms with Gasteiger partial charge in [-0.25, -0.2) is 4.68 Å². The molecule has 0 aliphatic carbocycles. The fraction of sp³-hybridized carbons (Fsp3) is 0.182. The van der Waals surface area contributed by atoms with Crippen molar-refractivity contribution in [2.75, 3.05) is 0 Å². The van der Waals surface area contributed by atoms with E-state index in [1.807, 2.05) is 37.5 Å². The fourth-order valence-corrected chi connectivity index (χ4v) is 1.99. The summed E-state index contributed by atoms with van der Waals surface area (Å²) in [4.78, 5) is 0. The molecule has 0 saturated heterocycles. The molecule has 3 nitrogen and oxygen atoms in total. The Labute approximate surface area is 96.5 Å². The number of aryl methyl sites for hydroxylation is 1. The third-order valence-corrected chi connectivity index (χ3v) is 2.79. The Morgan fingerprint density at radius 2 is 2.27 bits per heavy atom. The summed E-state index contributed by atoms with van der Waals surface area (Å²) in [6.45, 7) is 2.05. The van der Waals surface area contributed by atoms with Crippen molar-refractivity contribution >= 4 is 15.9 Å². The summed E-state index contributed by atoms with van der Waals surface area (Å²) in [5, 5.41) is 13.2. The van der Waals surface area contributed by atoms with E-state index in [2.05, 4.69) is 21.0 Å². The maximum atomic E-state index is 8.98. The van der Waals surface area contributed by atoms with Crippen molar-refractivity contribution in [1.29, 1.82) is 0 Å². The Hall–Kier alpha value is -1.13. The third kappa shape index (κ3) is 2.11. The lowest BCUT2D eigenvalue weighted by Gasteiger charge is -2.05. The molecule has 4 heteroatoms. The van der Waals surface area contributed by atoms with E-state index in [1.54, 1.807) is 4.68 Å². The number of halogens is 1. The Kier molecular flexibility index (Phi) is 2.88. The summed E-state index contributed by atoms with van der Waals surface area (Å²) in [6, 6.07) is 5.71. The number of aromatic nitrogens is 2. The molecule has 0 spiro atoms. The van der Waals surface area contributed by atoms with Crippen molar-refractivity contribution in [3.8, 4) is 5.69 Å². The van der Waals surface area contributed by atoms with E-state index in [-0.39, 0.29) is 6.61 Å². The van der Waals surface area contributed by atoms with Crippen LogP contribution in [0.5, 0.6) is 0 Å². The zero-order valence-corrected chi connectivity index (χ0v) is 9.90. The van der Waals surface area contributed by atoms with Crippen LogP contribution in [-0.4, -0.2) is 14.9 Å².